The van der Waals surface area contributed by atoms with E-state index in [9.17, 15) is 9.90 Å². The van der Waals surface area contributed by atoms with Crippen LogP contribution in [0.5, 0.6) is 5.75 Å². The number of nitrogens with one attached hydrogen (secondary N) is 1. The van der Waals surface area contributed by atoms with Gasteiger partial charge in [0.25, 0.3) is 5.56 Å². The molecule has 3 heterocycles. The van der Waals surface area contributed by atoms with Gasteiger partial charge in [-0.15, -0.1) is 0 Å². The van der Waals surface area contributed by atoms with Gasteiger partial charge in [0.1, 0.15) is 5.75 Å². The molecule has 6 heteroatoms. The Kier molecular flexibility index (Phi) is 4.68. The van der Waals surface area contributed by atoms with E-state index in [1.165, 1.54) is 6.42 Å². The van der Waals surface area contributed by atoms with Gasteiger partial charge in [0, 0.05) is 43.3 Å². The zero-order chi connectivity index (χ0) is 18.1. The Hall–Kier alpha value is -2.34. The Morgan fingerprint density at radius 3 is 2.92 bits per heavy atom. The topological polar surface area (TPSA) is 72.5 Å². The van der Waals surface area contributed by atoms with Gasteiger partial charge in [-0.05, 0) is 38.7 Å². The normalized spacial score (nSPS) is 20.8. The second-order valence-electron chi connectivity index (χ2n) is 7.44. The lowest BCUT2D eigenvalue weighted by molar-refractivity contribution is 0.237. The highest BCUT2D eigenvalue weighted by Crippen LogP contribution is 2.24. The zero-order valence-corrected chi connectivity index (χ0v) is 15.2. The third-order valence-electron chi connectivity index (χ3n) is 5.60. The highest BCUT2D eigenvalue weighted by molar-refractivity contribution is 5.36. The minimum absolute atomic E-state index is 0.00461. The lowest BCUT2D eigenvalue weighted by atomic mass is 10.0. The van der Waals surface area contributed by atoms with Gasteiger partial charge >= 0.3 is 0 Å². The number of hydrogen-bond acceptors (Lipinski definition) is 5. The van der Waals surface area contributed by atoms with Crippen LogP contribution in [0.15, 0.2) is 29.1 Å². The Labute approximate surface area is 153 Å². The number of nitrogens with zero attached hydrogens (tertiary/aromatic N) is 3. The molecule has 2 aromatic rings. The van der Waals surface area contributed by atoms with Gasteiger partial charge in [0.05, 0.1) is 5.69 Å². The number of aromatic nitrogens is 2. The number of H-pyrrole nitrogens is 1. The maximum Gasteiger partial charge on any atom is 0.255 e. The molecule has 0 aliphatic carbocycles. The lowest BCUT2D eigenvalue weighted by Gasteiger charge is -2.35. The van der Waals surface area contributed by atoms with Crippen molar-refractivity contribution >= 4 is 5.95 Å². The van der Waals surface area contributed by atoms with Crippen LogP contribution in [0.25, 0.3) is 0 Å². The summed E-state index contributed by atoms with van der Waals surface area (Å²) in [6.07, 6.45) is 4.22. The van der Waals surface area contributed by atoms with Crippen molar-refractivity contribution in [2.45, 2.75) is 51.7 Å². The smallest absolute Gasteiger partial charge is 0.255 e. The Bertz CT molecular complexity index is 848. The number of aromatic amines is 1. The molecule has 0 radical (unpaired) electrons. The summed E-state index contributed by atoms with van der Waals surface area (Å²) in [5.41, 5.74) is 2.60. The number of phenolic OH excluding ortho intramolecular Hbond substituents is 1. The molecule has 1 aromatic heterocycles. The Morgan fingerprint density at radius 2 is 2.12 bits per heavy atom. The summed E-state index contributed by atoms with van der Waals surface area (Å²) < 4.78 is 0. The van der Waals surface area contributed by atoms with Crippen molar-refractivity contribution in [3.05, 3.63) is 51.4 Å². The fourth-order valence-electron chi connectivity index (χ4n) is 4.05. The number of benzene rings is 1. The summed E-state index contributed by atoms with van der Waals surface area (Å²) in [5, 5.41) is 10.0. The van der Waals surface area contributed by atoms with Crippen LogP contribution >= 0.6 is 0 Å². The molecule has 1 saturated heterocycles. The summed E-state index contributed by atoms with van der Waals surface area (Å²) >= 11 is 0. The van der Waals surface area contributed by atoms with Gasteiger partial charge < -0.3 is 10.0 Å². The number of fused-ring (bicyclic) bond motifs is 1. The predicted molar refractivity (Wildman–Crippen MR) is 101 cm³/mol. The minimum atomic E-state index is 0.00461. The van der Waals surface area contributed by atoms with Gasteiger partial charge in [-0.3, -0.25) is 14.7 Å². The first kappa shape index (κ1) is 17.1. The van der Waals surface area contributed by atoms with Crippen LogP contribution in [-0.2, 0) is 19.5 Å². The molecule has 1 aromatic carbocycles. The fraction of sp³-hybridized carbons (Fsp3) is 0.500. The van der Waals surface area contributed by atoms with Gasteiger partial charge in [-0.1, -0.05) is 18.2 Å². The van der Waals surface area contributed by atoms with Gasteiger partial charge in [0.2, 0.25) is 5.95 Å². The van der Waals surface area contributed by atoms with Crippen LogP contribution in [0.2, 0.25) is 0 Å². The van der Waals surface area contributed by atoms with Crippen molar-refractivity contribution in [2.75, 3.05) is 18.0 Å². The van der Waals surface area contributed by atoms with Gasteiger partial charge in [-0.2, -0.15) is 0 Å². The first-order valence-corrected chi connectivity index (χ1v) is 9.50. The van der Waals surface area contributed by atoms with E-state index < -0.39 is 0 Å². The summed E-state index contributed by atoms with van der Waals surface area (Å²) in [6.45, 7) is 5.25. The molecule has 138 valence electrons. The van der Waals surface area contributed by atoms with Crippen LogP contribution in [0.4, 0.5) is 5.95 Å². The number of piperidine rings is 1. The zero-order valence-electron chi connectivity index (χ0n) is 15.2. The molecule has 0 amide bonds. The molecule has 0 bridgehead atoms. The van der Waals surface area contributed by atoms with E-state index in [2.05, 4.69) is 21.7 Å². The van der Waals surface area contributed by atoms with Gasteiger partial charge in [0.15, 0.2) is 0 Å². The SMILES string of the molecule is C[C@H]1CCCCN1c1nc2c(c(=O)[nH]1)CCN(Cc1ccccc1O)C2. The monoisotopic (exact) mass is 354 g/mol. The summed E-state index contributed by atoms with van der Waals surface area (Å²) in [7, 11) is 0. The van der Waals surface area contributed by atoms with E-state index in [0.717, 1.165) is 42.8 Å². The molecular weight excluding hydrogens is 328 g/mol. The van der Waals surface area contributed by atoms with Crippen LogP contribution < -0.4 is 10.5 Å². The van der Waals surface area contributed by atoms with Crippen LogP contribution in [-0.4, -0.2) is 39.1 Å². The van der Waals surface area contributed by atoms with E-state index >= 15 is 0 Å². The molecule has 0 spiro atoms. The molecule has 0 saturated carbocycles. The third-order valence-corrected chi connectivity index (χ3v) is 5.60. The van der Waals surface area contributed by atoms with Crippen LogP contribution in [0.1, 0.15) is 43.0 Å². The quantitative estimate of drug-likeness (QED) is 0.886. The summed E-state index contributed by atoms with van der Waals surface area (Å²) in [4.78, 5) is 24.9. The molecule has 26 heavy (non-hydrogen) atoms. The van der Waals surface area contributed by atoms with Crippen LogP contribution in [0.3, 0.4) is 0 Å². The molecular formula is C20H26N4O2. The number of phenols is 1. The van der Waals surface area contributed by atoms with E-state index in [1.807, 2.05) is 18.2 Å². The molecule has 2 aliphatic heterocycles. The molecule has 6 nitrogen and oxygen atoms in total. The highest BCUT2D eigenvalue weighted by Gasteiger charge is 2.25. The number of aromatic hydroxyl groups is 1. The number of rotatable bonds is 3. The first-order valence-electron chi connectivity index (χ1n) is 9.50. The first-order chi connectivity index (χ1) is 12.6. The van der Waals surface area contributed by atoms with Crippen molar-refractivity contribution in [1.29, 1.82) is 0 Å². The average molecular weight is 354 g/mol. The maximum atomic E-state index is 12.6. The van der Waals surface area contributed by atoms with E-state index in [1.54, 1.807) is 6.07 Å². The van der Waals surface area contributed by atoms with E-state index in [0.29, 0.717) is 37.3 Å². The molecule has 4 rings (SSSR count). The summed E-state index contributed by atoms with van der Waals surface area (Å²) in [5.74, 6) is 1.03. The maximum absolute atomic E-state index is 12.6. The molecule has 1 atom stereocenters. The summed E-state index contributed by atoms with van der Waals surface area (Å²) in [6, 6.07) is 7.83. The Morgan fingerprint density at radius 1 is 1.27 bits per heavy atom. The second kappa shape index (κ2) is 7.11. The average Bonchev–Trinajstić information content (AvgIpc) is 2.64. The van der Waals surface area contributed by atoms with Gasteiger partial charge in [-0.25, -0.2) is 4.98 Å². The molecule has 1 fully saturated rings. The van der Waals surface area contributed by atoms with E-state index in [-0.39, 0.29) is 5.56 Å². The largest absolute Gasteiger partial charge is 0.508 e. The van der Waals surface area contributed by atoms with Crippen molar-refractivity contribution in [2.24, 2.45) is 0 Å². The minimum Gasteiger partial charge on any atom is -0.508 e. The van der Waals surface area contributed by atoms with Crippen molar-refractivity contribution < 1.29 is 5.11 Å². The lowest BCUT2D eigenvalue weighted by Crippen LogP contribution is -2.41. The molecule has 2 aliphatic rings. The Balaban J connectivity index is 1.57. The second-order valence-corrected chi connectivity index (χ2v) is 7.44. The third kappa shape index (κ3) is 3.33. The van der Waals surface area contributed by atoms with Crippen molar-refractivity contribution in [3.63, 3.8) is 0 Å². The molecule has 2 N–H and O–H groups in total. The van der Waals surface area contributed by atoms with Crippen LogP contribution in [0, 0.1) is 0 Å². The molecule has 0 unspecified atom stereocenters. The number of hydrogen-bond donors (Lipinski definition) is 2. The standard InChI is InChI=1S/C20H26N4O2/c1-14-6-4-5-10-24(14)20-21-17-13-23(11-9-16(17)19(26)22-20)12-15-7-2-3-8-18(15)25/h2-3,7-8,14,25H,4-6,9-13H2,1H3,(H,21,22,26)/t14-/m0/s1. The number of para-hydroxylation sites is 1. The predicted octanol–water partition coefficient (Wildman–Crippen LogP) is 2.41. The van der Waals surface area contributed by atoms with Crippen molar-refractivity contribution in [1.82, 2.24) is 14.9 Å². The number of anilines is 1. The fourth-order valence-corrected chi connectivity index (χ4v) is 4.05. The highest BCUT2D eigenvalue weighted by atomic mass is 16.3. The van der Waals surface area contributed by atoms with Crippen molar-refractivity contribution in [3.8, 4) is 5.75 Å². The van der Waals surface area contributed by atoms with E-state index in [4.69, 9.17) is 4.98 Å².